The Morgan fingerprint density at radius 3 is 3.00 bits per heavy atom. The molecule has 1 aliphatic heterocycles. The minimum Gasteiger partial charge on any atom is -0.330 e. The predicted octanol–water partition coefficient (Wildman–Crippen LogP) is 3.87. The molecule has 6 heteroatoms. The van der Waals surface area contributed by atoms with Crippen LogP contribution >= 0.6 is 27.5 Å². The molecule has 1 fully saturated rings. The third-order valence-corrected chi connectivity index (χ3v) is 4.25. The largest absolute Gasteiger partial charge is 0.330 e. The smallest absolute Gasteiger partial charge is 0.274 e. The van der Waals surface area contributed by atoms with Crippen LogP contribution < -0.4 is 0 Å². The second-order valence-corrected chi connectivity index (χ2v) is 6.24. The first-order valence-electron chi connectivity index (χ1n) is 6.69. The molecule has 1 saturated heterocycles. The van der Waals surface area contributed by atoms with E-state index in [1.165, 1.54) is 12.4 Å². The Kier molecular flexibility index (Phi) is 4.22. The lowest BCUT2D eigenvalue weighted by Gasteiger charge is -2.24. The fourth-order valence-electron chi connectivity index (χ4n) is 2.66. The van der Waals surface area contributed by atoms with E-state index in [1.807, 2.05) is 23.1 Å². The van der Waals surface area contributed by atoms with Gasteiger partial charge in [0.15, 0.2) is 0 Å². The second-order valence-electron chi connectivity index (χ2n) is 4.94. The number of amides is 1. The molecule has 0 aliphatic carbocycles. The highest BCUT2D eigenvalue weighted by Crippen LogP contribution is 2.33. The highest BCUT2D eigenvalue weighted by Gasteiger charge is 2.31. The van der Waals surface area contributed by atoms with Crippen LogP contribution in [-0.4, -0.2) is 27.3 Å². The fourth-order valence-corrected chi connectivity index (χ4v) is 3.23. The average molecular weight is 367 g/mol. The molecule has 1 unspecified atom stereocenters. The van der Waals surface area contributed by atoms with Crippen molar-refractivity contribution < 1.29 is 4.79 Å². The van der Waals surface area contributed by atoms with Crippen molar-refractivity contribution in [1.82, 2.24) is 14.9 Å². The Bertz CT molecular complexity index is 679. The topological polar surface area (TPSA) is 46.1 Å². The quantitative estimate of drug-likeness (QED) is 0.810. The summed E-state index contributed by atoms with van der Waals surface area (Å²) in [6, 6.07) is 8.15. The van der Waals surface area contributed by atoms with Gasteiger partial charge >= 0.3 is 0 Å². The zero-order valence-electron chi connectivity index (χ0n) is 11.2. The van der Waals surface area contributed by atoms with E-state index in [1.54, 1.807) is 0 Å². The number of aromatic nitrogens is 2. The van der Waals surface area contributed by atoms with Crippen LogP contribution in [0, 0.1) is 0 Å². The minimum absolute atomic E-state index is 0.0794. The summed E-state index contributed by atoms with van der Waals surface area (Å²) in [6.45, 7) is 0.726. The van der Waals surface area contributed by atoms with Crippen molar-refractivity contribution in [1.29, 1.82) is 0 Å². The van der Waals surface area contributed by atoms with Crippen molar-refractivity contribution in [3.8, 4) is 0 Å². The van der Waals surface area contributed by atoms with Gasteiger partial charge in [-0.2, -0.15) is 0 Å². The molecule has 2 heterocycles. The summed E-state index contributed by atoms with van der Waals surface area (Å²) < 4.78 is 1.02. The molecule has 1 atom stereocenters. The van der Waals surface area contributed by atoms with Gasteiger partial charge in [0, 0.05) is 11.0 Å². The maximum atomic E-state index is 12.6. The van der Waals surface area contributed by atoms with E-state index in [2.05, 4.69) is 32.0 Å². The molecule has 1 aromatic heterocycles. The summed E-state index contributed by atoms with van der Waals surface area (Å²) in [4.78, 5) is 22.5. The van der Waals surface area contributed by atoms with Gasteiger partial charge in [-0.05, 0) is 30.5 Å². The van der Waals surface area contributed by atoms with Gasteiger partial charge < -0.3 is 4.90 Å². The summed E-state index contributed by atoms with van der Waals surface area (Å²) >= 11 is 9.30. The van der Waals surface area contributed by atoms with Gasteiger partial charge in [-0.1, -0.05) is 39.7 Å². The molecular weight excluding hydrogens is 354 g/mol. The summed E-state index contributed by atoms with van der Waals surface area (Å²) in [6.07, 6.45) is 4.83. The van der Waals surface area contributed by atoms with E-state index >= 15 is 0 Å². The molecule has 0 bridgehead atoms. The predicted molar refractivity (Wildman–Crippen MR) is 84.2 cm³/mol. The van der Waals surface area contributed by atoms with Crippen molar-refractivity contribution in [2.45, 2.75) is 18.9 Å². The number of hydrogen-bond donors (Lipinski definition) is 0. The van der Waals surface area contributed by atoms with E-state index in [-0.39, 0.29) is 17.1 Å². The normalized spacial score (nSPS) is 18.0. The summed E-state index contributed by atoms with van der Waals surface area (Å²) in [5.74, 6) is -0.118. The van der Waals surface area contributed by atoms with Crippen LogP contribution in [0.25, 0.3) is 0 Å². The Hall–Kier alpha value is -1.46. The lowest BCUT2D eigenvalue weighted by atomic mass is 10.0. The van der Waals surface area contributed by atoms with Crippen LogP contribution in [0.5, 0.6) is 0 Å². The number of likely N-dealkylation sites (tertiary alicyclic amines) is 1. The number of benzene rings is 1. The van der Waals surface area contributed by atoms with Gasteiger partial charge in [-0.15, -0.1) is 0 Å². The van der Waals surface area contributed by atoms with Gasteiger partial charge in [-0.25, -0.2) is 4.98 Å². The molecule has 0 saturated carbocycles. The number of carbonyl (C=O) groups is 1. The van der Waals surface area contributed by atoms with Crippen LogP contribution in [-0.2, 0) is 0 Å². The molecule has 0 radical (unpaired) electrons. The Balaban J connectivity index is 1.89. The van der Waals surface area contributed by atoms with Crippen LogP contribution in [0.1, 0.15) is 34.9 Å². The first kappa shape index (κ1) is 14.5. The van der Waals surface area contributed by atoms with Crippen molar-refractivity contribution in [3.05, 3.63) is 57.5 Å². The Morgan fingerprint density at radius 1 is 1.38 bits per heavy atom. The van der Waals surface area contributed by atoms with E-state index in [0.29, 0.717) is 5.69 Å². The van der Waals surface area contributed by atoms with Gasteiger partial charge in [0.05, 0.1) is 18.4 Å². The lowest BCUT2D eigenvalue weighted by Crippen LogP contribution is -2.31. The average Bonchev–Trinajstić information content (AvgIpc) is 2.96. The van der Waals surface area contributed by atoms with E-state index < -0.39 is 0 Å². The third kappa shape index (κ3) is 3.09. The zero-order valence-corrected chi connectivity index (χ0v) is 13.5. The number of nitrogens with zero attached hydrogens (tertiary/aromatic N) is 3. The summed E-state index contributed by atoms with van der Waals surface area (Å²) in [7, 11) is 0. The molecule has 4 nitrogen and oxygen atoms in total. The highest BCUT2D eigenvalue weighted by atomic mass is 79.9. The first-order chi connectivity index (χ1) is 10.1. The molecule has 0 N–H and O–H groups in total. The van der Waals surface area contributed by atoms with Gasteiger partial charge in [0.1, 0.15) is 10.8 Å². The van der Waals surface area contributed by atoms with E-state index in [9.17, 15) is 4.79 Å². The summed E-state index contributed by atoms with van der Waals surface area (Å²) in [5, 5.41) is 0.235. The van der Waals surface area contributed by atoms with Crippen molar-refractivity contribution in [3.63, 3.8) is 0 Å². The molecule has 21 heavy (non-hydrogen) atoms. The minimum atomic E-state index is -0.118. The maximum absolute atomic E-state index is 12.6. The molecule has 0 spiro atoms. The van der Waals surface area contributed by atoms with Crippen LogP contribution in [0.15, 0.2) is 41.1 Å². The number of hydrogen-bond acceptors (Lipinski definition) is 3. The standard InChI is InChI=1S/C15H13BrClN3O/c16-11-4-1-3-10(7-11)13-5-2-6-20(13)15(21)12-8-18-9-14(17)19-12/h1,3-4,7-9,13H,2,5-6H2. The van der Waals surface area contributed by atoms with E-state index in [4.69, 9.17) is 11.6 Å². The molecule has 1 aromatic carbocycles. The Morgan fingerprint density at radius 2 is 2.24 bits per heavy atom. The van der Waals surface area contributed by atoms with Crippen LogP contribution in [0.4, 0.5) is 0 Å². The van der Waals surface area contributed by atoms with Crippen molar-refractivity contribution in [2.75, 3.05) is 6.54 Å². The number of carbonyl (C=O) groups excluding carboxylic acids is 1. The SMILES string of the molecule is O=C(c1cncc(Cl)n1)N1CCCC1c1cccc(Br)c1. The summed E-state index contributed by atoms with van der Waals surface area (Å²) in [5.41, 5.74) is 1.43. The van der Waals surface area contributed by atoms with Gasteiger partial charge in [0.2, 0.25) is 0 Å². The molecule has 1 aliphatic rings. The van der Waals surface area contributed by atoms with Crippen molar-refractivity contribution in [2.24, 2.45) is 0 Å². The molecule has 3 rings (SSSR count). The fraction of sp³-hybridized carbons (Fsp3) is 0.267. The lowest BCUT2D eigenvalue weighted by molar-refractivity contribution is 0.0729. The molecule has 1 amide bonds. The monoisotopic (exact) mass is 365 g/mol. The Labute approximate surface area is 136 Å². The molecule has 108 valence electrons. The number of rotatable bonds is 2. The molecular formula is C15H13BrClN3O. The first-order valence-corrected chi connectivity index (χ1v) is 7.86. The number of halogens is 2. The van der Waals surface area contributed by atoms with Crippen LogP contribution in [0.2, 0.25) is 5.15 Å². The zero-order chi connectivity index (χ0) is 14.8. The van der Waals surface area contributed by atoms with Crippen LogP contribution in [0.3, 0.4) is 0 Å². The maximum Gasteiger partial charge on any atom is 0.274 e. The van der Waals surface area contributed by atoms with Gasteiger partial charge in [-0.3, -0.25) is 9.78 Å². The van der Waals surface area contributed by atoms with E-state index in [0.717, 1.165) is 29.4 Å². The highest BCUT2D eigenvalue weighted by molar-refractivity contribution is 9.10. The van der Waals surface area contributed by atoms with Crippen molar-refractivity contribution >= 4 is 33.4 Å². The van der Waals surface area contributed by atoms with Gasteiger partial charge in [0.25, 0.3) is 5.91 Å². The second kappa shape index (κ2) is 6.12. The third-order valence-electron chi connectivity index (χ3n) is 3.57. The molecule has 2 aromatic rings.